The lowest BCUT2D eigenvalue weighted by Crippen LogP contribution is -2.32. The fraction of sp³-hybridized carbons (Fsp3) is 0.194. The number of halogens is 2. The van der Waals surface area contributed by atoms with Crippen molar-refractivity contribution in [1.82, 2.24) is 0 Å². The van der Waals surface area contributed by atoms with Crippen LogP contribution in [0.5, 0.6) is 11.5 Å². The number of ether oxygens (including phenoxy) is 2. The Morgan fingerprint density at radius 1 is 0.949 bits per heavy atom. The first kappa shape index (κ1) is 26.4. The third kappa shape index (κ3) is 5.94. The van der Waals surface area contributed by atoms with Crippen LogP contribution in [0.25, 0.3) is 10.8 Å². The molecule has 39 heavy (non-hydrogen) atoms. The molecule has 6 nitrogen and oxygen atoms in total. The van der Waals surface area contributed by atoms with E-state index >= 15 is 0 Å². The average Bonchev–Trinajstić information content (AvgIpc) is 3.35. The number of benzene rings is 4. The molecule has 1 fully saturated rings. The van der Waals surface area contributed by atoms with Gasteiger partial charge in [-0.2, -0.15) is 0 Å². The molecular weight excluding hydrogens is 521 g/mol. The molecule has 0 aromatic heterocycles. The van der Waals surface area contributed by atoms with E-state index in [-0.39, 0.29) is 36.7 Å². The van der Waals surface area contributed by atoms with Crippen LogP contribution >= 0.6 is 11.6 Å². The number of anilines is 1. The van der Waals surface area contributed by atoms with Crippen LogP contribution in [0.4, 0.5) is 10.1 Å². The van der Waals surface area contributed by atoms with Crippen molar-refractivity contribution >= 4 is 45.7 Å². The van der Waals surface area contributed by atoms with Crippen LogP contribution in [-0.4, -0.2) is 36.2 Å². The summed E-state index contributed by atoms with van der Waals surface area (Å²) in [5.41, 5.74) is 0.842. The fourth-order valence-electron chi connectivity index (χ4n) is 4.60. The summed E-state index contributed by atoms with van der Waals surface area (Å²) in [7, 11) is 0. The summed E-state index contributed by atoms with van der Waals surface area (Å²) >= 11 is 5.84. The molecule has 4 aromatic carbocycles. The zero-order valence-corrected chi connectivity index (χ0v) is 21.6. The number of alkyl halides is 1. The Balaban J connectivity index is 1.24. The molecule has 1 heterocycles. The van der Waals surface area contributed by atoms with Crippen LogP contribution in [0, 0.1) is 11.7 Å². The summed E-state index contributed by atoms with van der Waals surface area (Å²) in [6.45, 7) is 0.125. The molecule has 5 rings (SSSR count). The van der Waals surface area contributed by atoms with Crippen molar-refractivity contribution in [2.45, 2.75) is 18.9 Å². The maximum Gasteiger partial charge on any atom is 0.312 e. The first-order valence-corrected chi connectivity index (χ1v) is 13.1. The van der Waals surface area contributed by atoms with E-state index in [1.54, 1.807) is 24.3 Å². The van der Waals surface area contributed by atoms with Gasteiger partial charge in [0.15, 0.2) is 6.10 Å². The molecule has 0 unspecified atom stereocenters. The van der Waals surface area contributed by atoms with Gasteiger partial charge in [-0.1, -0.05) is 36.4 Å². The Hall–Kier alpha value is -4.23. The number of amides is 1. The van der Waals surface area contributed by atoms with E-state index in [2.05, 4.69) is 0 Å². The van der Waals surface area contributed by atoms with E-state index < -0.39 is 29.6 Å². The Morgan fingerprint density at radius 3 is 2.41 bits per heavy atom. The molecule has 0 radical (unpaired) electrons. The molecule has 1 aliphatic heterocycles. The second kappa shape index (κ2) is 11.7. The van der Waals surface area contributed by atoms with Crippen LogP contribution in [0.15, 0.2) is 91.0 Å². The fourth-order valence-corrected chi connectivity index (χ4v) is 4.80. The molecule has 0 saturated carbocycles. The first-order chi connectivity index (χ1) is 18.9. The minimum Gasteiger partial charge on any atom is -0.457 e. The molecule has 0 N–H and O–H groups in total. The maximum absolute atomic E-state index is 13.2. The van der Waals surface area contributed by atoms with Gasteiger partial charge in [0, 0.05) is 41.9 Å². The largest absolute Gasteiger partial charge is 0.457 e. The van der Waals surface area contributed by atoms with Crippen LogP contribution < -0.4 is 9.64 Å². The van der Waals surface area contributed by atoms with Crippen LogP contribution in [0.1, 0.15) is 23.2 Å². The third-order valence-electron chi connectivity index (χ3n) is 6.64. The predicted molar refractivity (Wildman–Crippen MR) is 147 cm³/mol. The van der Waals surface area contributed by atoms with Gasteiger partial charge in [-0.25, -0.2) is 4.39 Å². The first-order valence-electron chi connectivity index (χ1n) is 12.5. The molecular formula is C31H25ClFNO5. The van der Waals surface area contributed by atoms with Crippen molar-refractivity contribution in [3.63, 3.8) is 0 Å². The number of hydrogen-bond acceptors (Lipinski definition) is 5. The van der Waals surface area contributed by atoms with Gasteiger partial charge in [-0.3, -0.25) is 14.4 Å². The number of carbonyl (C=O) groups is 3. The van der Waals surface area contributed by atoms with Gasteiger partial charge in [0.2, 0.25) is 11.7 Å². The number of esters is 1. The van der Waals surface area contributed by atoms with E-state index in [1.807, 2.05) is 42.5 Å². The van der Waals surface area contributed by atoms with E-state index in [0.717, 1.165) is 16.5 Å². The molecule has 2 atom stereocenters. The van der Waals surface area contributed by atoms with Crippen molar-refractivity contribution in [1.29, 1.82) is 0 Å². The molecule has 198 valence electrons. The Kier molecular flexibility index (Phi) is 7.89. The summed E-state index contributed by atoms with van der Waals surface area (Å²) < 4.78 is 24.8. The molecule has 1 aliphatic rings. The van der Waals surface area contributed by atoms with E-state index in [4.69, 9.17) is 21.1 Å². The molecule has 0 spiro atoms. The summed E-state index contributed by atoms with van der Waals surface area (Å²) in [4.78, 5) is 40.1. The summed E-state index contributed by atoms with van der Waals surface area (Å²) in [6, 6.07) is 25.8. The third-order valence-corrected chi connectivity index (χ3v) is 6.85. The number of ketones is 1. The monoisotopic (exact) mass is 545 g/mol. The number of fused-ring (bicyclic) bond motifs is 1. The van der Waals surface area contributed by atoms with Gasteiger partial charge in [0.05, 0.1) is 5.92 Å². The van der Waals surface area contributed by atoms with Gasteiger partial charge < -0.3 is 14.4 Å². The normalized spacial score (nSPS) is 15.8. The average molecular weight is 546 g/mol. The SMILES string of the molecule is O=C(O[C@@H](CCCl)C(=O)c1ccc(F)cc1)[C@H]1CC(=O)N(c2ccc(Oc3cccc4ccccc34)cc2)C1. The standard InChI is InChI=1S/C31H25ClFNO5/c32-17-16-28(30(36)21-8-10-23(33)11-9-21)39-31(37)22-18-29(35)34(19-22)24-12-14-25(15-13-24)38-27-7-3-5-20-4-1-2-6-26(20)27/h1-15,22,28H,16-19H2/t22-,28-/m0/s1. The zero-order valence-electron chi connectivity index (χ0n) is 20.9. The number of Topliss-reactive ketones (excluding diaryl/α,β-unsaturated/α-hetero) is 1. The predicted octanol–water partition coefficient (Wildman–Crippen LogP) is 6.55. The number of carbonyl (C=O) groups excluding carboxylic acids is 3. The lowest BCUT2D eigenvalue weighted by molar-refractivity contribution is -0.151. The van der Waals surface area contributed by atoms with Crippen LogP contribution in [0.2, 0.25) is 0 Å². The van der Waals surface area contributed by atoms with Gasteiger partial charge in [-0.05, 0) is 60.0 Å². The highest BCUT2D eigenvalue weighted by Crippen LogP contribution is 2.32. The highest BCUT2D eigenvalue weighted by molar-refractivity contribution is 6.18. The molecule has 0 bridgehead atoms. The van der Waals surface area contributed by atoms with Crippen molar-refractivity contribution in [2.75, 3.05) is 17.3 Å². The van der Waals surface area contributed by atoms with Crippen molar-refractivity contribution in [2.24, 2.45) is 5.92 Å². The Morgan fingerprint density at radius 2 is 1.67 bits per heavy atom. The molecule has 4 aromatic rings. The molecule has 0 aliphatic carbocycles. The summed E-state index contributed by atoms with van der Waals surface area (Å²) in [6.07, 6.45) is -1.05. The lowest BCUT2D eigenvalue weighted by atomic mass is 10.0. The van der Waals surface area contributed by atoms with E-state index in [1.165, 1.54) is 29.2 Å². The highest BCUT2D eigenvalue weighted by atomic mass is 35.5. The zero-order chi connectivity index (χ0) is 27.4. The van der Waals surface area contributed by atoms with Gasteiger partial charge >= 0.3 is 5.97 Å². The van der Waals surface area contributed by atoms with Crippen molar-refractivity contribution in [3.05, 3.63) is 102 Å². The molecule has 8 heteroatoms. The van der Waals surface area contributed by atoms with Gasteiger partial charge in [0.25, 0.3) is 0 Å². The smallest absolute Gasteiger partial charge is 0.312 e. The summed E-state index contributed by atoms with van der Waals surface area (Å²) in [5, 5.41) is 2.06. The Labute approximate surface area is 229 Å². The lowest BCUT2D eigenvalue weighted by Gasteiger charge is -2.19. The summed E-state index contributed by atoms with van der Waals surface area (Å²) in [5.74, 6) is -1.12. The van der Waals surface area contributed by atoms with Gasteiger partial charge in [-0.15, -0.1) is 11.6 Å². The van der Waals surface area contributed by atoms with Crippen LogP contribution in [-0.2, 0) is 14.3 Å². The van der Waals surface area contributed by atoms with Crippen molar-refractivity contribution < 1.29 is 28.2 Å². The minimum atomic E-state index is -1.12. The second-order valence-corrected chi connectivity index (χ2v) is 9.63. The number of hydrogen-bond donors (Lipinski definition) is 0. The van der Waals surface area contributed by atoms with E-state index in [0.29, 0.717) is 11.4 Å². The van der Waals surface area contributed by atoms with Crippen LogP contribution in [0.3, 0.4) is 0 Å². The quantitative estimate of drug-likeness (QED) is 0.135. The molecule has 1 amide bonds. The highest BCUT2D eigenvalue weighted by Gasteiger charge is 2.38. The number of rotatable bonds is 9. The minimum absolute atomic E-state index is 0.0363. The van der Waals surface area contributed by atoms with Crippen molar-refractivity contribution in [3.8, 4) is 11.5 Å². The number of nitrogens with zero attached hydrogens (tertiary/aromatic N) is 1. The Bertz CT molecular complexity index is 1500. The van der Waals surface area contributed by atoms with Gasteiger partial charge in [0.1, 0.15) is 17.3 Å². The maximum atomic E-state index is 13.2. The second-order valence-electron chi connectivity index (χ2n) is 9.25. The molecule has 1 saturated heterocycles. The van der Waals surface area contributed by atoms with E-state index in [9.17, 15) is 18.8 Å². The topological polar surface area (TPSA) is 72.9 Å².